The quantitative estimate of drug-likeness (QED) is 0.137. The number of benzene rings is 10. The average molecular weight is 687 g/mol. The third kappa shape index (κ3) is 4.11. The Morgan fingerprint density at radius 1 is 0.278 bits per heavy atom. The van der Waals surface area contributed by atoms with Gasteiger partial charge in [-0.3, -0.25) is 0 Å². The molecule has 2 heterocycles. The first kappa shape index (κ1) is 29.4. The molecule has 0 spiro atoms. The molecule has 10 aromatic carbocycles. The van der Waals surface area contributed by atoms with Gasteiger partial charge < -0.3 is 8.83 Å². The standard InChI is InChI=1S/C52H30O2/c1-2-13-34-31(12-1)24-25-32-30-33(26-27-35(32)34)48-37-15-3-5-17-39(37)49(40-18-6-4-16-38(40)48)45-29-28-41(50-44-19-8-10-23-47(44)54-52(45)50)43-21-11-20-42-36-14-7-9-22-46(36)53-51(42)43/h1-30H. The van der Waals surface area contributed by atoms with Crippen LogP contribution in [0.3, 0.4) is 0 Å². The van der Waals surface area contributed by atoms with Crippen molar-refractivity contribution in [3.63, 3.8) is 0 Å². The van der Waals surface area contributed by atoms with Gasteiger partial charge in [0.1, 0.15) is 22.3 Å². The number of furan rings is 2. The van der Waals surface area contributed by atoms with Crippen LogP contribution in [0.15, 0.2) is 191 Å². The van der Waals surface area contributed by atoms with E-state index in [9.17, 15) is 0 Å². The van der Waals surface area contributed by atoms with Crippen LogP contribution < -0.4 is 0 Å². The van der Waals surface area contributed by atoms with Crippen LogP contribution in [0.2, 0.25) is 0 Å². The van der Waals surface area contributed by atoms with Gasteiger partial charge in [-0.05, 0) is 84.0 Å². The molecule has 0 aliphatic carbocycles. The van der Waals surface area contributed by atoms with Crippen molar-refractivity contribution in [3.8, 4) is 33.4 Å². The summed E-state index contributed by atoms with van der Waals surface area (Å²) < 4.78 is 13.5. The van der Waals surface area contributed by atoms with Crippen molar-refractivity contribution in [2.24, 2.45) is 0 Å². The van der Waals surface area contributed by atoms with Gasteiger partial charge in [-0.1, -0.05) is 158 Å². The van der Waals surface area contributed by atoms with E-state index >= 15 is 0 Å². The molecule has 0 bridgehead atoms. The van der Waals surface area contributed by atoms with Crippen LogP contribution in [0, 0.1) is 0 Å². The summed E-state index contributed by atoms with van der Waals surface area (Å²) in [5.74, 6) is 0. The Hall–Kier alpha value is -7.16. The second-order valence-corrected chi connectivity index (χ2v) is 14.3. The third-order valence-corrected chi connectivity index (χ3v) is 11.5. The average Bonchev–Trinajstić information content (AvgIpc) is 3.82. The Bertz CT molecular complexity index is 3450. The lowest BCUT2D eigenvalue weighted by Crippen LogP contribution is -1.92. The number of rotatable bonds is 3. The van der Waals surface area contributed by atoms with E-state index in [1.165, 1.54) is 59.8 Å². The van der Waals surface area contributed by atoms with Crippen LogP contribution in [-0.4, -0.2) is 0 Å². The van der Waals surface area contributed by atoms with Crippen LogP contribution >= 0.6 is 0 Å². The molecule has 2 nitrogen and oxygen atoms in total. The van der Waals surface area contributed by atoms with Gasteiger partial charge in [0.05, 0.1) is 0 Å². The molecule has 0 saturated carbocycles. The molecule has 0 fully saturated rings. The fourth-order valence-electron chi connectivity index (χ4n) is 9.11. The van der Waals surface area contributed by atoms with E-state index in [1.807, 2.05) is 12.1 Å². The molecule has 54 heavy (non-hydrogen) atoms. The smallest absolute Gasteiger partial charge is 0.143 e. The van der Waals surface area contributed by atoms with E-state index in [0.29, 0.717) is 0 Å². The molecule has 0 amide bonds. The van der Waals surface area contributed by atoms with Gasteiger partial charge in [0.25, 0.3) is 0 Å². The monoisotopic (exact) mass is 686 g/mol. The van der Waals surface area contributed by atoms with Gasteiger partial charge in [-0.25, -0.2) is 0 Å². The zero-order valence-electron chi connectivity index (χ0n) is 29.1. The van der Waals surface area contributed by atoms with E-state index < -0.39 is 0 Å². The molecule has 2 heteroatoms. The van der Waals surface area contributed by atoms with E-state index in [1.54, 1.807) is 0 Å². The van der Waals surface area contributed by atoms with Crippen LogP contribution in [0.1, 0.15) is 0 Å². The zero-order chi connectivity index (χ0) is 35.3. The van der Waals surface area contributed by atoms with Crippen molar-refractivity contribution in [1.82, 2.24) is 0 Å². The largest absolute Gasteiger partial charge is 0.455 e. The van der Waals surface area contributed by atoms with Crippen LogP contribution in [0.25, 0.3) is 120 Å². The van der Waals surface area contributed by atoms with Crippen molar-refractivity contribution in [2.45, 2.75) is 0 Å². The van der Waals surface area contributed by atoms with Gasteiger partial charge in [0.15, 0.2) is 0 Å². The van der Waals surface area contributed by atoms with Gasteiger partial charge in [0, 0.05) is 38.2 Å². The molecule has 0 radical (unpaired) electrons. The van der Waals surface area contributed by atoms with E-state index in [2.05, 4.69) is 170 Å². The highest BCUT2D eigenvalue weighted by Crippen LogP contribution is 2.49. The Morgan fingerprint density at radius 2 is 0.815 bits per heavy atom. The molecule has 250 valence electrons. The second kappa shape index (κ2) is 11.2. The van der Waals surface area contributed by atoms with E-state index in [-0.39, 0.29) is 0 Å². The van der Waals surface area contributed by atoms with Gasteiger partial charge >= 0.3 is 0 Å². The highest BCUT2D eigenvalue weighted by molar-refractivity contribution is 6.26. The fourth-order valence-corrected chi connectivity index (χ4v) is 9.11. The molecule has 0 aliphatic heterocycles. The number of fused-ring (bicyclic) bond motifs is 11. The zero-order valence-corrected chi connectivity index (χ0v) is 29.1. The maximum absolute atomic E-state index is 6.94. The third-order valence-electron chi connectivity index (χ3n) is 11.5. The predicted octanol–water partition coefficient (Wildman–Crippen LogP) is 15.1. The van der Waals surface area contributed by atoms with Crippen LogP contribution in [0.4, 0.5) is 0 Å². The lowest BCUT2D eigenvalue weighted by Gasteiger charge is -2.19. The van der Waals surface area contributed by atoms with Gasteiger partial charge in [0.2, 0.25) is 0 Å². The number of para-hydroxylation sites is 3. The molecule has 0 atom stereocenters. The SMILES string of the molecule is c1ccc2c(c1)ccc1cc(-c3c4ccccc4c(-c4ccc(-c5cccc6c5oc5ccccc56)c5c4oc4ccccc45)c4ccccc34)ccc12. The maximum Gasteiger partial charge on any atom is 0.143 e. The Kier molecular flexibility index (Phi) is 6.09. The Labute approximate surface area is 310 Å². The Morgan fingerprint density at radius 3 is 1.57 bits per heavy atom. The van der Waals surface area contributed by atoms with Crippen LogP contribution in [-0.2, 0) is 0 Å². The summed E-state index contributed by atoms with van der Waals surface area (Å²) in [5, 5.41) is 14.3. The highest BCUT2D eigenvalue weighted by atomic mass is 16.3. The summed E-state index contributed by atoms with van der Waals surface area (Å²) in [5.41, 5.74) is 10.4. The van der Waals surface area contributed by atoms with Crippen molar-refractivity contribution in [1.29, 1.82) is 0 Å². The summed E-state index contributed by atoms with van der Waals surface area (Å²) in [6.45, 7) is 0. The normalized spacial score (nSPS) is 12.1. The lowest BCUT2D eigenvalue weighted by molar-refractivity contribution is 0.669. The summed E-state index contributed by atoms with van der Waals surface area (Å²) >= 11 is 0. The minimum Gasteiger partial charge on any atom is -0.455 e. The molecular weight excluding hydrogens is 657 g/mol. The van der Waals surface area contributed by atoms with Gasteiger partial charge in [-0.15, -0.1) is 0 Å². The first-order valence-electron chi connectivity index (χ1n) is 18.5. The maximum atomic E-state index is 6.94. The first-order chi connectivity index (χ1) is 26.8. The first-order valence-corrected chi connectivity index (χ1v) is 18.5. The van der Waals surface area contributed by atoms with E-state index in [4.69, 9.17) is 8.83 Å². The van der Waals surface area contributed by atoms with Gasteiger partial charge in [-0.2, -0.15) is 0 Å². The number of hydrogen-bond acceptors (Lipinski definition) is 2. The van der Waals surface area contributed by atoms with Crippen molar-refractivity contribution in [3.05, 3.63) is 182 Å². The summed E-state index contributed by atoms with van der Waals surface area (Å²) in [4.78, 5) is 0. The predicted molar refractivity (Wildman–Crippen MR) is 227 cm³/mol. The summed E-state index contributed by atoms with van der Waals surface area (Å²) in [7, 11) is 0. The molecule has 12 aromatic rings. The molecule has 0 unspecified atom stereocenters. The molecule has 0 saturated heterocycles. The molecule has 0 N–H and O–H groups in total. The minimum absolute atomic E-state index is 0.867. The lowest BCUT2D eigenvalue weighted by atomic mass is 9.84. The molecular formula is C52H30O2. The van der Waals surface area contributed by atoms with Crippen molar-refractivity contribution < 1.29 is 8.83 Å². The second-order valence-electron chi connectivity index (χ2n) is 14.3. The molecule has 2 aromatic heterocycles. The van der Waals surface area contributed by atoms with Crippen molar-refractivity contribution in [2.75, 3.05) is 0 Å². The van der Waals surface area contributed by atoms with Crippen molar-refractivity contribution >= 4 is 87.0 Å². The number of hydrogen-bond donors (Lipinski definition) is 0. The summed E-state index contributed by atoms with van der Waals surface area (Å²) in [6, 6.07) is 65.5. The minimum atomic E-state index is 0.867. The highest BCUT2D eigenvalue weighted by Gasteiger charge is 2.24. The Balaban J connectivity index is 1.16. The van der Waals surface area contributed by atoms with Crippen LogP contribution in [0.5, 0.6) is 0 Å². The fraction of sp³-hybridized carbons (Fsp3) is 0. The topological polar surface area (TPSA) is 26.3 Å². The summed E-state index contributed by atoms with van der Waals surface area (Å²) in [6.07, 6.45) is 0. The molecule has 12 rings (SSSR count). The molecule has 0 aliphatic rings. The van der Waals surface area contributed by atoms with E-state index in [0.717, 1.165) is 60.6 Å².